The van der Waals surface area contributed by atoms with Crippen molar-refractivity contribution < 1.29 is 9.53 Å². The lowest BCUT2D eigenvalue weighted by Gasteiger charge is -2.23. The van der Waals surface area contributed by atoms with Crippen LogP contribution in [0.15, 0.2) is 72.8 Å². The highest BCUT2D eigenvalue weighted by Crippen LogP contribution is 2.22. The van der Waals surface area contributed by atoms with E-state index in [1.165, 1.54) is 0 Å². The number of aryl methyl sites for hydroxylation is 1. The van der Waals surface area contributed by atoms with Crippen molar-refractivity contribution >= 4 is 23.2 Å². The summed E-state index contributed by atoms with van der Waals surface area (Å²) in [5, 5.41) is 0. The van der Waals surface area contributed by atoms with Gasteiger partial charge in [-0.05, 0) is 30.2 Å². The van der Waals surface area contributed by atoms with Gasteiger partial charge in [0.15, 0.2) is 0 Å². The zero-order valence-electron chi connectivity index (χ0n) is 15.1. The van der Waals surface area contributed by atoms with Crippen LogP contribution >= 0.6 is 11.6 Å². The molecule has 0 saturated carbocycles. The molecule has 0 spiro atoms. The molecule has 0 aliphatic heterocycles. The van der Waals surface area contributed by atoms with Crippen molar-refractivity contribution in [2.75, 3.05) is 17.3 Å². The van der Waals surface area contributed by atoms with Gasteiger partial charge in [0, 0.05) is 24.2 Å². The van der Waals surface area contributed by atoms with Crippen molar-refractivity contribution in [2.45, 2.75) is 13.5 Å². The molecule has 1 heterocycles. The highest BCUT2D eigenvalue weighted by molar-refractivity contribution is 6.18. The number of hydrogen-bond donors (Lipinski definition) is 0. The van der Waals surface area contributed by atoms with Crippen molar-refractivity contribution in [1.29, 1.82) is 0 Å². The summed E-state index contributed by atoms with van der Waals surface area (Å²) >= 11 is 5.94. The molecule has 3 rings (SSSR count). The molecule has 3 aromatic rings. The van der Waals surface area contributed by atoms with E-state index >= 15 is 0 Å². The largest absolute Gasteiger partial charge is 0.473 e. The second-order valence-electron chi connectivity index (χ2n) is 6.07. The van der Waals surface area contributed by atoms with E-state index in [-0.39, 0.29) is 5.91 Å². The number of pyridine rings is 1. The van der Waals surface area contributed by atoms with E-state index in [0.29, 0.717) is 30.6 Å². The van der Waals surface area contributed by atoms with Gasteiger partial charge < -0.3 is 9.64 Å². The van der Waals surface area contributed by atoms with E-state index < -0.39 is 0 Å². The third-order valence-electron chi connectivity index (χ3n) is 4.13. The molecule has 0 fully saturated rings. The SMILES string of the molecule is Cc1ccccc1N(CCCl)C(=O)c1cccc(OCc2ccccc2)n1. The topological polar surface area (TPSA) is 42.4 Å². The first kappa shape index (κ1) is 18.9. The molecule has 0 radical (unpaired) electrons. The number of benzene rings is 2. The number of carbonyl (C=O) groups excluding carboxylic acids is 1. The standard InChI is InChI=1S/C22H21ClN2O2/c1-17-8-5-6-12-20(17)25(15-14-23)22(26)19-11-7-13-21(24-19)27-16-18-9-3-2-4-10-18/h2-13H,14-16H2,1H3. The molecule has 0 N–H and O–H groups in total. The summed E-state index contributed by atoms with van der Waals surface area (Å²) < 4.78 is 5.74. The fraction of sp³-hybridized carbons (Fsp3) is 0.182. The number of para-hydroxylation sites is 1. The lowest BCUT2D eigenvalue weighted by atomic mass is 10.1. The quantitative estimate of drug-likeness (QED) is 0.550. The van der Waals surface area contributed by atoms with Crippen LogP contribution in [0.25, 0.3) is 0 Å². The van der Waals surface area contributed by atoms with Crippen molar-refractivity contribution in [3.8, 4) is 5.88 Å². The zero-order valence-corrected chi connectivity index (χ0v) is 15.9. The van der Waals surface area contributed by atoms with Crippen LogP contribution in [0.5, 0.6) is 5.88 Å². The number of amides is 1. The molecule has 0 aliphatic rings. The van der Waals surface area contributed by atoms with E-state index in [1.54, 1.807) is 23.1 Å². The summed E-state index contributed by atoms with van der Waals surface area (Å²) in [5.41, 5.74) is 3.21. The Morgan fingerprint density at radius 1 is 1.00 bits per heavy atom. The smallest absolute Gasteiger partial charge is 0.277 e. The molecule has 0 unspecified atom stereocenters. The van der Waals surface area contributed by atoms with Crippen LogP contribution in [0, 0.1) is 6.92 Å². The van der Waals surface area contributed by atoms with E-state index in [9.17, 15) is 4.79 Å². The van der Waals surface area contributed by atoms with Crippen LogP contribution in [0.3, 0.4) is 0 Å². The minimum atomic E-state index is -0.199. The predicted octanol–water partition coefficient (Wildman–Crippen LogP) is 4.85. The monoisotopic (exact) mass is 380 g/mol. The number of anilines is 1. The van der Waals surface area contributed by atoms with E-state index in [0.717, 1.165) is 16.8 Å². The molecule has 0 bridgehead atoms. The molecule has 138 valence electrons. The molecule has 1 amide bonds. The molecule has 2 aromatic carbocycles. The summed E-state index contributed by atoms with van der Waals surface area (Å²) in [6.07, 6.45) is 0. The van der Waals surface area contributed by atoms with Gasteiger partial charge in [0.2, 0.25) is 5.88 Å². The van der Waals surface area contributed by atoms with Crippen LogP contribution in [0.2, 0.25) is 0 Å². The first-order valence-corrected chi connectivity index (χ1v) is 9.29. The van der Waals surface area contributed by atoms with Gasteiger partial charge in [0.1, 0.15) is 12.3 Å². The third-order valence-corrected chi connectivity index (χ3v) is 4.30. The number of halogens is 1. The van der Waals surface area contributed by atoms with Crippen molar-refractivity contribution in [2.24, 2.45) is 0 Å². The first-order chi connectivity index (χ1) is 13.2. The van der Waals surface area contributed by atoms with Crippen LogP contribution in [0.1, 0.15) is 21.6 Å². The van der Waals surface area contributed by atoms with Crippen LogP contribution in [-0.4, -0.2) is 23.3 Å². The molecule has 0 atom stereocenters. The molecule has 4 nitrogen and oxygen atoms in total. The summed E-state index contributed by atoms with van der Waals surface area (Å²) in [7, 11) is 0. The Labute approximate surface area is 164 Å². The Balaban J connectivity index is 1.79. The van der Waals surface area contributed by atoms with Crippen LogP contribution in [-0.2, 0) is 6.61 Å². The zero-order chi connectivity index (χ0) is 19.1. The third kappa shape index (κ3) is 4.86. The summed E-state index contributed by atoms with van der Waals surface area (Å²) in [6, 6.07) is 22.8. The molecule has 5 heteroatoms. The number of ether oxygens (including phenoxy) is 1. The van der Waals surface area contributed by atoms with Crippen molar-refractivity contribution in [3.63, 3.8) is 0 Å². The van der Waals surface area contributed by atoms with Crippen molar-refractivity contribution in [3.05, 3.63) is 89.6 Å². The number of hydrogen-bond acceptors (Lipinski definition) is 3. The van der Waals surface area contributed by atoms with Gasteiger partial charge in [0.05, 0.1) is 0 Å². The molecular formula is C22H21ClN2O2. The minimum Gasteiger partial charge on any atom is -0.473 e. The average molecular weight is 381 g/mol. The Kier molecular flexibility index (Phi) is 6.44. The van der Waals surface area contributed by atoms with Crippen molar-refractivity contribution in [1.82, 2.24) is 4.98 Å². The Hall–Kier alpha value is -2.85. The maximum absolute atomic E-state index is 13.1. The Bertz CT molecular complexity index is 900. The number of aromatic nitrogens is 1. The fourth-order valence-electron chi connectivity index (χ4n) is 2.77. The molecule has 27 heavy (non-hydrogen) atoms. The summed E-state index contributed by atoms with van der Waals surface area (Å²) in [4.78, 5) is 19.1. The van der Waals surface area contributed by atoms with E-state index in [4.69, 9.17) is 16.3 Å². The number of rotatable bonds is 7. The summed E-state index contributed by atoms with van der Waals surface area (Å²) in [5.74, 6) is 0.556. The highest BCUT2D eigenvalue weighted by Gasteiger charge is 2.20. The maximum atomic E-state index is 13.1. The lowest BCUT2D eigenvalue weighted by Crippen LogP contribution is -2.33. The van der Waals surface area contributed by atoms with Gasteiger partial charge in [0.25, 0.3) is 5.91 Å². The predicted molar refractivity (Wildman–Crippen MR) is 109 cm³/mol. The Morgan fingerprint density at radius 3 is 2.48 bits per heavy atom. The molecule has 1 aromatic heterocycles. The number of nitrogens with zero attached hydrogens (tertiary/aromatic N) is 2. The number of alkyl halides is 1. The van der Waals surface area contributed by atoms with Crippen LogP contribution < -0.4 is 9.64 Å². The first-order valence-electron chi connectivity index (χ1n) is 8.76. The fourth-order valence-corrected chi connectivity index (χ4v) is 2.94. The van der Waals surface area contributed by atoms with E-state index in [1.807, 2.05) is 61.5 Å². The second-order valence-corrected chi connectivity index (χ2v) is 6.45. The number of carbonyl (C=O) groups is 1. The molecule has 0 saturated heterocycles. The van der Waals surface area contributed by atoms with Gasteiger partial charge in [-0.15, -0.1) is 11.6 Å². The molecule has 0 aliphatic carbocycles. The van der Waals surface area contributed by atoms with Gasteiger partial charge in [-0.2, -0.15) is 0 Å². The van der Waals surface area contributed by atoms with E-state index in [2.05, 4.69) is 4.98 Å². The molecular weight excluding hydrogens is 360 g/mol. The van der Waals surface area contributed by atoms with Crippen LogP contribution in [0.4, 0.5) is 5.69 Å². The van der Waals surface area contributed by atoms with Gasteiger partial charge in [-0.25, -0.2) is 4.98 Å². The minimum absolute atomic E-state index is 0.199. The Morgan fingerprint density at radius 2 is 1.74 bits per heavy atom. The maximum Gasteiger partial charge on any atom is 0.277 e. The highest BCUT2D eigenvalue weighted by atomic mass is 35.5. The van der Waals surface area contributed by atoms with Gasteiger partial charge in [-0.1, -0.05) is 54.6 Å². The summed E-state index contributed by atoms with van der Waals surface area (Å²) in [6.45, 7) is 2.77. The van der Waals surface area contributed by atoms with Gasteiger partial charge in [-0.3, -0.25) is 4.79 Å². The lowest BCUT2D eigenvalue weighted by molar-refractivity contribution is 0.0982. The normalized spacial score (nSPS) is 10.4. The average Bonchev–Trinajstić information content (AvgIpc) is 2.72. The second kappa shape index (κ2) is 9.19. The van der Waals surface area contributed by atoms with Gasteiger partial charge >= 0.3 is 0 Å².